The number of halogens is 1. The fourth-order valence-corrected chi connectivity index (χ4v) is 4.61. The molecule has 2 aliphatic rings. The van der Waals surface area contributed by atoms with E-state index in [9.17, 15) is 14.0 Å². The van der Waals surface area contributed by atoms with Crippen LogP contribution in [0, 0.1) is 12.7 Å². The zero-order chi connectivity index (χ0) is 21.1. The highest BCUT2D eigenvalue weighted by atomic mass is 19.1. The molecular formula is C24H27FN2O3. The van der Waals surface area contributed by atoms with Gasteiger partial charge in [-0.2, -0.15) is 0 Å². The van der Waals surface area contributed by atoms with Crippen molar-refractivity contribution in [1.82, 2.24) is 10.2 Å². The Hall–Kier alpha value is -2.89. The van der Waals surface area contributed by atoms with E-state index in [1.165, 1.54) is 24.3 Å². The Morgan fingerprint density at radius 1 is 1.13 bits per heavy atom. The van der Waals surface area contributed by atoms with Gasteiger partial charge in [-0.05, 0) is 55.2 Å². The Morgan fingerprint density at radius 3 is 2.53 bits per heavy atom. The smallest absolute Gasteiger partial charge is 0.267 e. The summed E-state index contributed by atoms with van der Waals surface area (Å²) in [6.07, 6.45) is 4.13. The van der Waals surface area contributed by atoms with E-state index >= 15 is 0 Å². The first-order chi connectivity index (χ1) is 14.5. The molecule has 2 aromatic carbocycles. The SMILES string of the molecule is Cc1ccccc1CNC(=O)CN1C(=O)C(Oc2ccc(F)cc2)C12CCCCC2. The van der Waals surface area contributed by atoms with E-state index in [4.69, 9.17) is 4.74 Å². The molecule has 2 aromatic rings. The normalized spacial score (nSPS) is 20.0. The second-order valence-corrected chi connectivity index (χ2v) is 8.24. The van der Waals surface area contributed by atoms with Crippen molar-refractivity contribution in [3.63, 3.8) is 0 Å². The highest BCUT2D eigenvalue weighted by Gasteiger charge is 2.62. The maximum Gasteiger partial charge on any atom is 0.267 e. The summed E-state index contributed by atoms with van der Waals surface area (Å²) < 4.78 is 19.2. The van der Waals surface area contributed by atoms with Crippen molar-refractivity contribution in [3.05, 3.63) is 65.5 Å². The summed E-state index contributed by atoms with van der Waals surface area (Å²) in [4.78, 5) is 27.2. The van der Waals surface area contributed by atoms with Gasteiger partial charge in [0.15, 0.2) is 6.10 Å². The molecule has 1 unspecified atom stereocenters. The molecule has 0 radical (unpaired) electrons. The number of hydrogen-bond acceptors (Lipinski definition) is 3. The van der Waals surface area contributed by atoms with E-state index in [1.54, 1.807) is 4.90 Å². The summed E-state index contributed by atoms with van der Waals surface area (Å²) in [5.74, 6) is -0.214. The molecule has 6 heteroatoms. The van der Waals surface area contributed by atoms with Gasteiger partial charge in [0.1, 0.15) is 18.1 Å². The molecule has 1 saturated heterocycles. The number of hydrogen-bond donors (Lipinski definition) is 1. The summed E-state index contributed by atoms with van der Waals surface area (Å²) in [5, 5.41) is 2.94. The van der Waals surface area contributed by atoms with Crippen molar-refractivity contribution in [2.24, 2.45) is 0 Å². The summed E-state index contributed by atoms with van der Waals surface area (Å²) in [7, 11) is 0. The predicted molar refractivity (Wildman–Crippen MR) is 111 cm³/mol. The Bertz CT molecular complexity index is 922. The van der Waals surface area contributed by atoms with Crippen LogP contribution in [0.2, 0.25) is 0 Å². The minimum Gasteiger partial charge on any atom is -0.478 e. The van der Waals surface area contributed by atoms with Crippen LogP contribution >= 0.6 is 0 Å². The minimum absolute atomic E-state index is 0.0357. The molecule has 0 aromatic heterocycles. The molecule has 2 fully saturated rings. The largest absolute Gasteiger partial charge is 0.478 e. The van der Waals surface area contributed by atoms with Gasteiger partial charge in [-0.1, -0.05) is 43.5 Å². The maximum absolute atomic E-state index is 13.2. The molecule has 1 atom stereocenters. The van der Waals surface area contributed by atoms with Crippen molar-refractivity contribution in [2.45, 2.75) is 57.2 Å². The van der Waals surface area contributed by atoms with Crippen LogP contribution in [0.15, 0.2) is 48.5 Å². The van der Waals surface area contributed by atoms with E-state index in [0.29, 0.717) is 12.3 Å². The number of β-lactam (4-membered cyclic amide) rings is 1. The third-order valence-electron chi connectivity index (χ3n) is 6.34. The Balaban J connectivity index is 1.43. The molecule has 1 heterocycles. The molecule has 30 heavy (non-hydrogen) atoms. The van der Waals surface area contributed by atoms with Gasteiger partial charge in [0.05, 0.1) is 5.54 Å². The van der Waals surface area contributed by atoms with Gasteiger partial charge in [0.2, 0.25) is 5.91 Å². The van der Waals surface area contributed by atoms with Crippen LogP contribution in [-0.4, -0.2) is 34.9 Å². The lowest BCUT2D eigenvalue weighted by Crippen LogP contribution is -2.77. The average molecular weight is 410 g/mol. The molecule has 158 valence electrons. The van der Waals surface area contributed by atoms with E-state index < -0.39 is 11.6 Å². The van der Waals surface area contributed by atoms with Gasteiger partial charge in [-0.25, -0.2) is 4.39 Å². The maximum atomic E-state index is 13.2. The molecule has 2 amide bonds. The molecule has 1 N–H and O–H groups in total. The van der Waals surface area contributed by atoms with Gasteiger partial charge in [-0.15, -0.1) is 0 Å². The first kappa shape index (κ1) is 20.4. The number of amides is 2. The third kappa shape index (κ3) is 3.91. The van der Waals surface area contributed by atoms with E-state index in [-0.39, 0.29) is 24.2 Å². The summed E-state index contributed by atoms with van der Waals surface area (Å²) in [6, 6.07) is 13.6. The van der Waals surface area contributed by atoms with Crippen LogP contribution in [0.1, 0.15) is 43.2 Å². The average Bonchev–Trinajstić information content (AvgIpc) is 2.77. The first-order valence-corrected chi connectivity index (χ1v) is 10.5. The Kier molecular flexibility index (Phi) is 5.75. The second kappa shape index (κ2) is 8.46. The zero-order valence-corrected chi connectivity index (χ0v) is 17.2. The van der Waals surface area contributed by atoms with E-state index in [1.807, 2.05) is 31.2 Å². The standard InChI is InChI=1S/C24H27FN2O3/c1-17-7-3-4-8-18(17)15-26-21(28)16-27-23(29)22(24(27)13-5-2-6-14-24)30-20-11-9-19(25)10-12-20/h3-4,7-12,22H,2,5-6,13-16H2,1H3,(H,26,28). The van der Waals surface area contributed by atoms with Crippen LogP contribution in [0.3, 0.4) is 0 Å². The molecule has 1 aliphatic carbocycles. The van der Waals surface area contributed by atoms with Crippen molar-refractivity contribution in [3.8, 4) is 5.75 Å². The number of carbonyl (C=O) groups is 2. The van der Waals surface area contributed by atoms with Crippen molar-refractivity contribution < 1.29 is 18.7 Å². The number of nitrogens with zero attached hydrogens (tertiary/aromatic N) is 1. The van der Waals surface area contributed by atoms with Crippen LogP contribution in [0.4, 0.5) is 4.39 Å². The molecule has 1 spiro atoms. The lowest BCUT2D eigenvalue weighted by molar-refractivity contribution is -0.187. The molecule has 0 bridgehead atoms. The number of aryl methyl sites for hydroxylation is 1. The van der Waals surface area contributed by atoms with Crippen LogP contribution in [-0.2, 0) is 16.1 Å². The molecule has 4 rings (SSSR count). The second-order valence-electron chi connectivity index (χ2n) is 8.24. The first-order valence-electron chi connectivity index (χ1n) is 10.5. The third-order valence-corrected chi connectivity index (χ3v) is 6.34. The minimum atomic E-state index is -0.618. The van der Waals surface area contributed by atoms with Crippen molar-refractivity contribution >= 4 is 11.8 Å². The van der Waals surface area contributed by atoms with E-state index in [2.05, 4.69) is 5.32 Å². The number of carbonyl (C=O) groups excluding carboxylic acids is 2. The van der Waals surface area contributed by atoms with E-state index in [0.717, 1.165) is 43.2 Å². The monoisotopic (exact) mass is 410 g/mol. The van der Waals surface area contributed by atoms with Gasteiger partial charge in [0, 0.05) is 6.54 Å². The summed E-state index contributed by atoms with van der Waals surface area (Å²) in [6.45, 7) is 2.49. The predicted octanol–water partition coefficient (Wildman–Crippen LogP) is 3.74. The Morgan fingerprint density at radius 2 is 1.83 bits per heavy atom. The highest BCUT2D eigenvalue weighted by molar-refractivity contribution is 5.94. The van der Waals surface area contributed by atoms with Crippen molar-refractivity contribution in [1.29, 1.82) is 0 Å². The lowest BCUT2D eigenvalue weighted by atomic mass is 9.70. The number of likely N-dealkylation sites (tertiary alicyclic amines) is 1. The highest BCUT2D eigenvalue weighted by Crippen LogP contribution is 2.45. The van der Waals surface area contributed by atoms with Gasteiger partial charge in [0.25, 0.3) is 5.91 Å². The molecular weight excluding hydrogens is 383 g/mol. The lowest BCUT2D eigenvalue weighted by Gasteiger charge is -2.58. The molecule has 1 saturated carbocycles. The van der Waals surface area contributed by atoms with Gasteiger partial charge < -0.3 is 15.0 Å². The number of nitrogens with one attached hydrogen (secondary N) is 1. The number of benzene rings is 2. The van der Waals surface area contributed by atoms with Crippen LogP contribution in [0.25, 0.3) is 0 Å². The quantitative estimate of drug-likeness (QED) is 0.738. The van der Waals surface area contributed by atoms with Gasteiger partial charge >= 0.3 is 0 Å². The zero-order valence-electron chi connectivity index (χ0n) is 17.2. The van der Waals surface area contributed by atoms with Crippen molar-refractivity contribution in [2.75, 3.05) is 6.54 Å². The number of rotatable bonds is 6. The van der Waals surface area contributed by atoms with Crippen LogP contribution in [0.5, 0.6) is 5.75 Å². The van der Waals surface area contributed by atoms with Gasteiger partial charge in [-0.3, -0.25) is 9.59 Å². The van der Waals surface area contributed by atoms with Crippen LogP contribution < -0.4 is 10.1 Å². The Labute approximate surface area is 176 Å². The summed E-state index contributed by atoms with van der Waals surface area (Å²) >= 11 is 0. The fourth-order valence-electron chi connectivity index (χ4n) is 4.61. The molecule has 1 aliphatic heterocycles. The number of ether oxygens (including phenoxy) is 1. The topological polar surface area (TPSA) is 58.6 Å². The fraction of sp³-hybridized carbons (Fsp3) is 0.417. The molecule has 5 nitrogen and oxygen atoms in total. The summed E-state index contributed by atoms with van der Waals surface area (Å²) in [5.41, 5.74) is 1.73.